The van der Waals surface area contributed by atoms with E-state index in [-0.39, 0.29) is 11.8 Å². The third-order valence-electron chi connectivity index (χ3n) is 5.06. The highest BCUT2D eigenvalue weighted by atomic mass is 16.2. The molecule has 1 saturated heterocycles. The van der Waals surface area contributed by atoms with E-state index in [4.69, 9.17) is 0 Å². The predicted molar refractivity (Wildman–Crippen MR) is 80.5 cm³/mol. The van der Waals surface area contributed by atoms with E-state index < -0.39 is 0 Å². The molecule has 2 aliphatic rings. The number of rotatable bonds is 4. The lowest BCUT2D eigenvalue weighted by Crippen LogP contribution is -2.34. The third kappa shape index (κ3) is 2.73. The Hall–Kier alpha value is -1.35. The Morgan fingerprint density at radius 1 is 1.35 bits per heavy atom. The van der Waals surface area contributed by atoms with Gasteiger partial charge in [0.2, 0.25) is 5.91 Å². The van der Waals surface area contributed by atoms with Crippen molar-refractivity contribution in [1.82, 2.24) is 10.6 Å². The fourth-order valence-electron chi connectivity index (χ4n) is 3.47. The van der Waals surface area contributed by atoms with Gasteiger partial charge in [-0.05, 0) is 49.2 Å². The maximum Gasteiger partial charge on any atom is 0.223 e. The summed E-state index contributed by atoms with van der Waals surface area (Å²) in [5, 5.41) is 6.53. The van der Waals surface area contributed by atoms with E-state index in [0.717, 1.165) is 26.1 Å². The molecule has 0 bridgehead atoms. The second-order valence-corrected chi connectivity index (χ2v) is 6.43. The van der Waals surface area contributed by atoms with E-state index in [9.17, 15) is 4.79 Å². The summed E-state index contributed by atoms with van der Waals surface area (Å²) in [6.45, 7) is 5.06. The number of carbonyl (C=O) groups excluding carboxylic acids is 1. The average molecular weight is 272 g/mol. The molecular weight excluding hydrogens is 248 g/mol. The maximum absolute atomic E-state index is 12.3. The maximum atomic E-state index is 12.3. The fraction of sp³-hybridized carbons (Fsp3) is 0.588. The topological polar surface area (TPSA) is 41.1 Å². The van der Waals surface area contributed by atoms with Crippen LogP contribution < -0.4 is 10.6 Å². The van der Waals surface area contributed by atoms with E-state index in [2.05, 4.69) is 41.8 Å². The molecule has 0 radical (unpaired) electrons. The van der Waals surface area contributed by atoms with Gasteiger partial charge in [0, 0.05) is 12.5 Å². The van der Waals surface area contributed by atoms with Crippen LogP contribution in [0.3, 0.4) is 0 Å². The van der Waals surface area contributed by atoms with Gasteiger partial charge in [-0.2, -0.15) is 0 Å². The minimum atomic E-state index is 0.271. The SMILES string of the molecule is CC(CNC(=O)C1CC12CCNCC2)c1ccccc1. The van der Waals surface area contributed by atoms with Crippen LogP contribution in [0.15, 0.2) is 30.3 Å². The smallest absolute Gasteiger partial charge is 0.223 e. The molecular formula is C17H24N2O. The highest BCUT2D eigenvalue weighted by molar-refractivity contribution is 5.82. The van der Waals surface area contributed by atoms with Crippen molar-refractivity contribution in [2.24, 2.45) is 11.3 Å². The standard InChI is InChI=1S/C17H24N2O/c1-13(14-5-3-2-4-6-14)12-19-16(20)15-11-17(15)7-9-18-10-8-17/h2-6,13,15,18H,7-12H2,1H3,(H,19,20). The lowest BCUT2D eigenvalue weighted by molar-refractivity contribution is -0.123. The molecule has 1 aliphatic carbocycles. The first-order valence-electron chi connectivity index (χ1n) is 7.75. The van der Waals surface area contributed by atoms with Crippen molar-refractivity contribution in [1.29, 1.82) is 0 Å². The van der Waals surface area contributed by atoms with Gasteiger partial charge in [0.25, 0.3) is 0 Å². The van der Waals surface area contributed by atoms with E-state index in [0.29, 0.717) is 11.3 Å². The van der Waals surface area contributed by atoms with E-state index in [1.165, 1.54) is 18.4 Å². The first-order chi connectivity index (χ1) is 9.71. The van der Waals surface area contributed by atoms with E-state index in [1.54, 1.807) is 0 Å². The van der Waals surface area contributed by atoms with Crippen LogP contribution >= 0.6 is 0 Å². The number of benzene rings is 1. The first-order valence-corrected chi connectivity index (χ1v) is 7.75. The summed E-state index contributed by atoms with van der Waals surface area (Å²) in [6.07, 6.45) is 3.43. The Morgan fingerprint density at radius 3 is 2.75 bits per heavy atom. The minimum absolute atomic E-state index is 0.271. The van der Waals surface area contributed by atoms with Crippen LogP contribution in [-0.2, 0) is 4.79 Å². The molecule has 1 heterocycles. The van der Waals surface area contributed by atoms with Crippen molar-refractivity contribution in [3.05, 3.63) is 35.9 Å². The Kier molecular flexibility index (Phi) is 3.79. The molecule has 3 heteroatoms. The number of piperidine rings is 1. The number of nitrogens with one attached hydrogen (secondary N) is 2. The zero-order valence-corrected chi connectivity index (χ0v) is 12.2. The van der Waals surface area contributed by atoms with Gasteiger partial charge in [-0.25, -0.2) is 0 Å². The summed E-state index contributed by atoms with van der Waals surface area (Å²) in [6, 6.07) is 10.4. The number of carbonyl (C=O) groups is 1. The molecule has 3 rings (SSSR count). The zero-order valence-electron chi connectivity index (χ0n) is 12.2. The highest BCUT2D eigenvalue weighted by Gasteiger charge is 2.57. The van der Waals surface area contributed by atoms with Crippen molar-refractivity contribution >= 4 is 5.91 Å². The molecule has 2 unspecified atom stereocenters. The molecule has 20 heavy (non-hydrogen) atoms. The van der Waals surface area contributed by atoms with Crippen LogP contribution in [-0.4, -0.2) is 25.5 Å². The fourth-order valence-corrected chi connectivity index (χ4v) is 3.47. The normalized spacial score (nSPS) is 25.1. The second kappa shape index (κ2) is 5.57. The first kappa shape index (κ1) is 13.6. The molecule has 1 aromatic carbocycles. The lowest BCUT2D eigenvalue weighted by Gasteiger charge is -2.23. The average Bonchev–Trinajstić information content (AvgIpc) is 3.19. The van der Waals surface area contributed by atoms with Gasteiger partial charge in [0.15, 0.2) is 0 Å². The highest BCUT2D eigenvalue weighted by Crippen LogP contribution is 2.58. The second-order valence-electron chi connectivity index (χ2n) is 6.43. The molecule has 1 saturated carbocycles. The number of hydrogen-bond acceptors (Lipinski definition) is 2. The summed E-state index contributed by atoms with van der Waals surface area (Å²) in [4.78, 5) is 12.3. The molecule has 2 fully saturated rings. The summed E-state index contributed by atoms with van der Waals surface area (Å²) >= 11 is 0. The van der Waals surface area contributed by atoms with Crippen LogP contribution in [0.25, 0.3) is 0 Å². The van der Waals surface area contributed by atoms with Crippen molar-refractivity contribution in [2.75, 3.05) is 19.6 Å². The summed E-state index contributed by atoms with van der Waals surface area (Å²) in [7, 11) is 0. The zero-order chi connectivity index (χ0) is 14.0. The van der Waals surface area contributed by atoms with Crippen LogP contribution in [0.5, 0.6) is 0 Å². The van der Waals surface area contributed by atoms with Gasteiger partial charge in [0.1, 0.15) is 0 Å². The van der Waals surface area contributed by atoms with Crippen LogP contribution in [0.4, 0.5) is 0 Å². The van der Waals surface area contributed by atoms with Crippen LogP contribution in [0.1, 0.15) is 37.7 Å². The van der Waals surface area contributed by atoms with Crippen LogP contribution in [0.2, 0.25) is 0 Å². The summed E-state index contributed by atoms with van der Waals surface area (Å²) < 4.78 is 0. The quantitative estimate of drug-likeness (QED) is 0.883. The molecule has 1 amide bonds. The molecule has 1 aliphatic heterocycles. The number of hydrogen-bond donors (Lipinski definition) is 2. The van der Waals surface area contributed by atoms with Crippen molar-refractivity contribution in [3.8, 4) is 0 Å². The summed E-state index contributed by atoms with van der Waals surface area (Å²) in [5.41, 5.74) is 1.63. The summed E-state index contributed by atoms with van der Waals surface area (Å²) in [5.74, 6) is 0.921. The van der Waals surface area contributed by atoms with Crippen molar-refractivity contribution < 1.29 is 4.79 Å². The van der Waals surface area contributed by atoms with Crippen molar-refractivity contribution in [2.45, 2.75) is 32.1 Å². The molecule has 108 valence electrons. The Labute approximate surface area is 121 Å². The molecule has 3 nitrogen and oxygen atoms in total. The van der Waals surface area contributed by atoms with Gasteiger partial charge >= 0.3 is 0 Å². The molecule has 1 aromatic rings. The Bertz CT molecular complexity index is 465. The Balaban J connectivity index is 1.48. The lowest BCUT2D eigenvalue weighted by atomic mass is 9.91. The molecule has 2 N–H and O–H groups in total. The van der Waals surface area contributed by atoms with E-state index in [1.807, 2.05) is 6.07 Å². The third-order valence-corrected chi connectivity index (χ3v) is 5.06. The van der Waals surface area contributed by atoms with Gasteiger partial charge in [0.05, 0.1) is 0 Å². The van der Waals surface area contributed by atoms with Crippen LogP contribution in [0, 0.1) is 11.3 Å². The molecule has 2 atom stereocenters. The van der Waals surface area contributed by atoms with Gasteiger partial charge in [-0.3, -0.25) is 4.79 Å². The predicted octanol–water partition coefficient (Wildman–Crippen LogP) is 2.30. The largest absolute Gasteiger partial charge is 0.355 e. The van der Waals surface area contributed by atoms with Gasteiger partial charge in [-0.1, -0.05) is 37.3 Å². The Morgan fingerprint density at radius 2 is 2.05 bits per heavy atom. The van der Waals surface area contributed by atoms with Gasteiger partial charge < -0.3 is 10.6 Å². The molecule has 1 spiro atoms. The van der Waals surface area contributed by atoms with Gasteiger partial charge in [-0.15, -0.1) is 0 Å². The molecule has 0 aromatic heterocycles. The van der Waals surface area contributed by atoms with E-state index >= 15 is 0 Å². The van der Waals surface area contributed by atoms with Crippen molar-refractivity contribution in [3.63, 3.8) is 0 Å². The number of amides is 1. The minimum Gasteiger partial charge on any atom is -0.355 e. The monoisotopic (exact) mass is 272 g/mol.